The minimum atomic E-state index is -0.181. The van der Waals surface area contributed by atoms with Crippen molar-refractivity contribution in [3.05, 3.63) is 11.7 Å². The molecule has 0 saturated carbocycles. The number of hydrogen-bond donors (Lipinski definition) is 1. The van der Waals surface area contributed by atoms with E-state index < -0.39 is 0 Å². The van der Waals surface area contributed by atoms with Crippen LogP contribution in [0.5, 0.6) is 0 Å². The van der Waals surface area contributed by atoms with E-state index in [0.717, 1.165) is 13.0 Å². The number of methoxy groups -OCH3 is 1. The Bertz CT molecular complexity index is 442. The summed E-state index contributed by atoms with van der Waals surface area (Å²) in [6.07, 6.45) is 0.910. The van der Waals surface area contributed by atoms with Gasteiger partial charge in [0.15, 0.2) is 0 Å². The van der Waals surface area contributed by atoms with Gasteiger partial charge in [0, 0.05) is 13.2 Å². The molecular formula is C15H27N3O3. The average Bonchev–Trinajstić information content (AvgIpc) is 3.03. The number of nitrogens with zero attached hydrogens (tertiary/aromatic N) is 2. The molecule has 1 saturated heterocycles. The van der Waals surface area contributed by atoms with Crippen molar-refractivity contribution in [2.45, 2.75) is 52.2 Å². The number of aromatic nitrogens is 2. The summed E-state index contributed by atoms with van der Waals surface area (Å²) >= 11 is 0. The lowest BCUT2D eigenvalue weighted by Crippen LogP contribution is -2.35. The molecule has 2 rings (SSSR count). The Balaban J connectivity index is 2.11. The molecule has 1 fully saturated rings. The summed E-state index contributed by atoms with van der Waals surface area (Å²) in [7, 11) is 1.68. The molecule has 1 aromatic rings. The van der Waals surface area contributed by atoms with Gasteiger partial charge in [0.25, 0.3) is 0 Å². The molecule has 120 valence electrons. The average molecular weight is 297 g/mol. The first-order valence-electron chi connectivity index (χ1n) is 7.64. The zero-order valence-electron chi connectivity index (χ0n) is 13.7. The quantitative estimate of drug-likeness (QED) is 0.868. The summed E-state index contributed by atoms with van der Waals surface area (Å²) in [5, 5.41) is 7.60. The lowest BCUT2D eigenvalue weighted by molar-refractivity contribution is 0.00718. The SMILES string of the molecule is CCCNC1COCC1c1nc(C(OC)C(C)(C)C)no1. The number of nitrogens with one attached hydrogen (secondary N) is 1. The molecular weight excluding hydrogens is 270 g/mol. The molecule has 0 aliphatic carbocycles. The third-order valence-corrected chi connectivity index (χ3v) is 3.77. The van der Waals surface area contributed by atoms with Crippen molar-refractivity contribution in [2.75, 3.05) is 26.9 Å². The van der Waals surface area contributed by atoms with Gasteiger partial charge in [-0.1, -0.05) is 32.9 Å². The van der Waals surface area contributed by atoms with Crippen LogP contribution in [0.25, 0.3) is 0 Å². The Morgan fingerprint density at radius 3 is 2.76 bits per heavy atom. The van der Waals surface area contributed by atoms with E-state index in [2.05, 4.69) is 43.2 Å². The van der Waals surface area contributed by atoms with E-state index in [1.165, 1.54) is 0 Å². The zero-order chi connectivity index (χ0) is 15.5. The zero-order valence-corrected chi connectivity index (χ0v) is 13.7. The van der Waals surface area contributed by atoms with Gasteiger partial charge < -0.3 is 19.3 Å². The standard InChI is InChI=1S/C15H27N3O3/c1-6-7-16-11-9-20-8-10(11)14-17-13(18-21-14)12(19-5)15(2,3)4/h10-12,16H,6-9H2,1-5H3. The van der Waals surface area contributed by atoms with Crippen molar-refractivity contribution in [3.8, 4) is 0 Å². The Morgan fingerprint density at radius 2 is 2.14 bits per heavy atom. The fraction of sp³-hybridized carbons (Fsp3) is 0.867. The van der Waals surface area contributed by atoms with Crippen molar-refractivity contribution in [3.63, 3.8) is 0 Å². The smallest absolute Gasteiger partial charge is 0.233 e. The number of rotatable bonds is 6. The molecule has 6 heteroatoms. The van der Waals surface area contributed by atoms with Gasteiger partial charge in [-0.05, 0) is 18.4 Å². The largest absolute Gasteiger partial charge is 0.379 e. The Labute approximate surface area is 126 Å². The maximum atomic E-state index is 5.56. The fourth-order valence-electron chi connectivity index (χ4n) is 2.68. The third kappa shape index (κ3) is 3.81. The maximum Gasteiger partial charge on any atom is 0.233 e. The normalized spacial score (nSPS) is 24.4. The summed E-state index contributed by atoms with van der Waals surface area (Å²) in [6.45, 7) is 10.7. The second kappa shape index (κ2) is 6.85. The van der Waals surface area contributed by atoms with Crippen LogP contribution in [0.15, 0.2) is 4.52 Å². The van der Waals surface area contributed by atoms with Crippen LogP contribution >= 0.6 is 0 Å². The lowest BCUT2D eigenvalue weighted by Gasteiger charge is -2.26. The van der Waals surface area contributed by atoms with Crippen molar-refractivity contribution in [2.24, 2.45) is 5.41 Å². The van der Waals surface area contributed by atoms with Gasteiger partial charge in [0.1, 0.15) is 6.10 Å². The minimum Gasteiger partial charge on any atom is -0.379 e. The highest BCUT2D eigenvalue weighted by Crippen LogP contribution is 2.35. The van der Waals surface area contributed by atoms with Gasteiger partial charge in [0.2, 0.25) is 11.7 Å². The topological polar surface area (TPSA) is 69.4 Å². The van der Waals surface area contributed by atoms with Crippen molar-refractivity contribution >= 4 is 0 Å². The van der Waals surface area contributed by atoms with E-state index >= 15 is 0 Å². The molecule has 3 atom stereocenters. The van der Waals surface area contributed by atoms with Crippen molar-refractivity contribution in [1.29, 1.82) is 0 Å². The van der Waals surface area contributed by atoms with Crippen LogP contribution in [0.2, 0.25) is 0 Å². The molecule has 3 unspecified atom stereocenters. The summed E-state index contributed by atoms with van der Waals surface area (Å²) in [5.74, 6) is 1.37. The van der Waals surface area contributed by atoms with Crippen molar-refractivity contribution in [1.82, 2.24) is 15.5 Å². The summed E-state index contributed by atoms with van der Waals surface area (Å²) < 4.78 is 16.6. The van der Waals surface area contributed by atoms with Crippen LogP contribution in [-0.4, -0.2) is 43.1 Å². The molecule has 1 N–H and O–H groups in total. The number of hydrogen-bond acceptors (Lipinski definition) is 6. The van der Waals surface area contributed by atoms with Crippen LogP contribution in [-0.2, 0) is 9.47 Å². The summed E-state index contributed by atoms with van der Waals surface area (Å²) in [4.78, 5) is 4.57. The predicted molar refractivity (Wildman–Crippen MR) is 79.1 cm³/mol. The van der Waals surface area contributed by atoms with Gasteiger partial charge in [-0.2, -0.15) is 4.98 Å². The molecule has 1 aliphatic heterocycles. The van der Waals surface area contributed by atoms with Gasteiger partial charge in [-0.25, -0.2) is 0 Å². The van der Waals surface area contributed by atoms with E-state index in [4.69, 9.17) is 14.0 Å². The molecule has 0 amide bonds. The first kappa shape index (κ1) is 16.4. The monoisotopic (exact) mass is 297 g/mol. The molecule has 0 spiro atoms. The van der Waals surface area contributed by atoms with E-state index in [0.29, 0.717) is 24.9 Å². The molecule has 0 aromatic carbocycles. The van der Waals surface area contributed by atoms with Gasteiger partial charge in [-0.3, -0.25) is 0 Å². The van der Waals surface area contributed by atoms with Crippen LogP contribution in [0.4, 0.5) is 0 Å². The molecule has 1 aliphatic rings. The summed E-state index contributed by atoms with van der Waals surface area (Å²) in [6, 6.07) is 0.244. The number of ether oxygens (including phenoxy) is 2. The lowest BCUT2D eigenvalue weighted by atomic mass is 9.88. The van der Waals surface area contributed by atoms with Gasteiger partial charge in [0.05, 0.1) is 19.1 Å². The summed E-state index contributed by atoms with van der Waals surface area (Å²) in [5.41, 5.74) is -0.0814. The van der Waals surface area contributed by atoms with Crippen molar-refractivity contribution < 1.29 is 14.0 Å². The highest BCUT2D eigenvalue weighted by molar-refractivity contribution is 5.05. The fourth-order valence-corrected chi connectivity index (χ4v) is 2.68. The van der Waals surface area contributed by atoms with E-state index in [-0.39, 0.29) is 23.5 Å². The van der Waals surface area contributed by atoms with Crippen LogP contribution < -0.4 is 5.32 Å². The maximum absolute atomic E-state index is 5.56. The highest BCUT2D eigenvalue weighted by atomic mass is 16.5. The molecule has 0 radical (unpaired) electrons. The van der Waals surface area contributed by atoms with E-state index in [9.17, 15) is 0 Å². The van der Waals surface area contributed by atoms with Crippen LogP contribution in [0.3, 0.4) is 0 Å². The van der Waals surface area contributed by atoms with Crippen LogP contribution in [0, 0.1) is 5.41 Å². The molecule has 1 aromatic heterocycles. The van der Waals surface area contributed by atoms with E-state index in [1.54, 1.807) is 7.11 Å². The van der Waals surface area contributed by atoms with E-state index in [1.807, 2.05) is 0 Å². The Hall–Kier alpha value is -0.980. The van der Waals surface area contributed by atoms with Crippen LogP contribution in [0.1, 0.15) is 57.9 Å². The molecule has 2 heterocycles. The first-order valence-corrected chi connectivity index (χ1v) is 7.64. The Morgan fingerprint density at radius 1 is 1.38 bits per heavy atom. The second-order valence-corrected chi connectivity index (χ2v) is 6.68. The third-order valence-electron chi connectivity index (χ3n) is 3.77. The molecule has 6 nitrogen and oxygen atoms in total. The van der Waals surface area contributed by atoms with Gasteiger partial charge >= 0.3 is 0 Å². The predicted octanol–water partition coefficient (Wildman–Crippen LogP) is 2.29. The molecule has 0 bridgehead atoms. The van der Waals surface area contributed by atoms with Gasteiger partial charge in [-0.15, -0.1) is 0 Å². The second-order valence-electron chi connectivity index (χ2n) is 6.68. The highest BCUT2D eigenvalue weighted by Gasteiger charge is 2.36. The minimum absolute atomic E-state index is 0.0814. The first-order chi connectivity index (χ1) is 9.97. The molecule has 21 heavy (non-hydrogen) atoms. The Kier molecular flexibility index (Phi) is 5.35.